The third kappa shape index (κ3) is 3.79. The van der Waals surface area contributed by atoms with Crippen LogP contribution in [0.4, 0.5) is 47.9 Å². The van der Waals surface area contributed by atoms with Gasteiger partial charge in [0, 0.05) is 5.90 Å². The zero-order valence-corrected chi connectivity index (χ0v) is 18.5. The number of anilines is 2. The van der Waals surface area contributed by atoms with E-state index in [2.05, 4.69) is 19.8 Å². The molecule has 18 heteroatoms. The summed E-state index contributed by atoms with van der Waals surface area (Å²) in [6.45, 7) is 0. The molecular formula is C19H8F7N7O3S. The van der Waals surface area contributed by atoms with Crippen LogP contribution in [0.25, 0.3) is 21.5 Å². The number of benzene rings is 1. The molecule has 0 bridgehead atoms. The Bertz CT molecular complexity index is 1720. The van der Waals surface area contributed by atoms with E-state index < -0.39 is 68.6 Å². The fourth-order valence-electron chi connectivity index (χ4n) is 3.41. The van der Waals surface area contributed by atoms with E-state index in [1.807, 2.05) is 0 Å². The minimum atomic E-state index is -5.80. The topological polar surface area (TPSA) is 174 Å². The summed E-state index contributed by atoms with van der Waals surface area (Å²) in [6.07, 6.45) is -5.80. The molecule has 0 aliphatic rings. The van der Waals surface area contributed by atoms with E-state index in [9.17, 15) is 45.9 Å². The van der Waals surface area contributed by atoms with Crippen LogP contribution in [-0.2, 0) is 13.2 Å². The van der Waals surface area contributed by atoms with Gasteiger partial charge in [-0.25, -0.2) is 27.3 Å². The zero-order valence-electron chi connectivity index (χ0n) is 17.7. The van der Waals surface area contributed by atoms with Crippen LogP contribution in [0.1, 0.15) is 16.0 Å². The summed E-state index contributed by atoms with van der Waals surface area (Å²) in [7, 11) is 1.31. The zero-order chi connectivity index (χ0) is 27.6. The van der Waals surface area contributed by atoms with Gasteiger partial charge in [-0.2, -0.15) is 18.4 Å². The quantitative estimate of drug-likeness (QED) is 0.116. The van der Waals surface area contributed by atoms with Crippen LogP contribution in [0.15, 0.2) is 14.3 Å². The van der Waals surface area contributed by atoms with Crippen LogP contribution in [0.2, 0.25) is 0 Å². The minimum absolute atomic E-state index is 0.172. The Kier molecular flexibility index (Phi) is 5.83. The summed E-state index contributed by atoms with van der Waals surface area (Å²) < 4.78 is 100. The van der Waals surface area contributed by atoms with Gasteiger partial charge in [0.05, 0.1) is 21.5 Å². The fraction of sp³-hybridized carbons (Fsp3) is 0.105. The van der Waals surface area contributed by atoms with Crippen molar-refractivity contribution in [3.05, 3.63) is 49.7 Å². The highest BCUT2D eigenvalue weighted by Gasteiger charge is 2.42. The number of aryl methyl sites for hydroxylation is 1. The monoisotopic (exact) mass is 547 g/mol. The number of nitrogen functional groups attached to an aromatic ring is 2. The summed E-state index contributed by atoms with van der Waals surface area (Å²) in [4.78, 5) is 18.2. The number of aliphatic imine (C=N–C) groups is 1. The standard InChI is InChI=1S/C19H8F7N7O3S/c1-33-13(18(35)36-32-33)4-3(2-27)15(29)31-17-5(4)11(28)14(37-17)16(34)30-12-9(22)7(20)6(19(24,25)26)8(21)10(12)23/h1H3,(H5-,28,29,30,31,32,34,35). The van der Waals surface area contributed by atoms with Crippen LogP contribution >= 0.6 is 11.3 Å². The van der Waals surface area contributed by atoms with Gasteiger partial charge in [0.1, 0.15) is 33.5 Å². The molecule has 1 aromatic carbocycles. The Hall–Kier alpha value is -4.66. The number of fused-ring (bicyclic) bond motifs is 1. The van der Waals surface area contributed by atoms with Crippen molar-refractivity contribution in [2.45, 2.75) is 6.18 Å². The van der Waals surface area contributed by atoms with E-state index in [0.717, 1.165) is 4.68 Å². The second kappa shape index (κ2) is 8.48. The predicted molar refractivity (Wildman–Crippen MR) is 110 cm³/mol. The first-order valence-electron chi connectivity index (χ1n) is 9.39. The van der Waals surface area contributed by atoms with Crippen molar-refractivity contribution in [3.8, 4) is 17.3 Å². The van der Waals surface area contributed by atoms with Gasteiger partial charge in [-0.05, 0) is 5.27 Å². The molecule has 0 fully saturated rings. The minimum Gasteiger partial charge on any atom is -0.858 e. The lowest BCUT2D eigenvalue weighted by Gasteiger charge is -2.14. The number of hydrogen-bond acceptors (Lipinski definition) is 9. The van der Waals surface area contributed by atoms with Crippen molar-refractivity contribution in [1.29, 1.82) is 5.26 Å². The Labute approximate surface area is 202 Å². The molecule has 0 unspecified atom stereocenters. The van der Waals surface area contributed by atoms with Crippen molar-refractivity contribution >= 4 is 44.6 Å². The van der Waals surface area contributed by atoms with Crippen LogP contribution < -0.4 is 26.9 Å². The number of nitrogens with zero attached hydrogens (tertiary/aromatic N) is 4. The number of H-pyrrole nitrogens is 1. The van der Waals surface area contributed by atoms with Crippen molar-refractivity contribution in [1.82, 2.24) is 10.3 Å². The highest BCUT2D eigenvalue weighted by molar-refractivity contribution is 7.21. The molecular weight excluding hydrogens is 539 g/mol. The second-order valence-corrected chi connectivity index (χ2v) is 8.17. The maximum absolute atomic E-state index is 14.2. The van der Waals surface area contributed by atoms with E-state index in [-0.39, 0.29) is 27.0 Å². The van der Waals surface area contributed by atoms with Crippen LogP contribution in [-0.4, -0.2) is 16.2 Å². The molecule has 0 spiro atoms. The van der Waals surface area contributed by atoms with Crippen molar-refractivity contribution in [2.75, 3.05) is 11.5 Å². The maximum Gasteiger partial charge on any atom is 0.435 e. The number of alkyl halides is 3. The molecule has 0 radical (unpaired) electrons. The number of nitrogens with one attached hydrogen (secondary N) is 1. The Morgan fingerprint density at radius 1 is 1.19 bits per heavy atom. The van der Waals surface area contributed by atoms with E-state index in [4.69, 9.17) is 11.5 Å². The maximum atomic E-state index is 14.2. The lowest BCUT2D eigenvalue weighted by atomic mass is 10.0. The van der Waals surface area contributed by atoms with E-state index in [1.165, 1.54) is 7.05 Å². The van der Waals surface area contributed by atoms with Gasteiger partial charge in [0.15, 0.2) is 30.3 Å². The van der Waals surface area contributed by atoms with Crippen molar-refractivity contribution in [3.63, 3.8) is 0 Å². The van der Waals surface area contributed by atoms with E-state index >= 15 is 0 Å². The SMILES string of the molecule is C[n+]1[nH]oc(=O)c1-c1c(C#N)c(N)nc2sc(C([O-])=Nc3c(F)c(F)c(C(F)(F)F)c(F)c3F)c(N)c12. The molecule has 0 saturated carbocycles. The average Bonchev–Trinajstić information content (AvgIpc) is 3.31. The lowest BCUT2D eigenvalue weighted by molar-refractivity contribution is -0.730. The summed E-state index contributed by atoms with van der Waals surface area (Å²) in [5.41, 5.74) is 4.53. The van der Waals surface area contributed by atoms with Crippen LogP contribution in [0, 0.1) is 34.6 Å². The predicted octanol–water partition coefficient (Wildman–Crippen LogP) is 2.12. The summed E-state index contributed by atoms with van der Waals surface area (Å²) in [5, 5.41) is 24.3. The van der Waals surface area contributed by atoms with Gasteiger partial charge in [0.25, 0.3) is 0 Å². The molecule has 4 aromatic rings. The first-order valence-corrected chi connectivity index (χ1v) is 10.2. The molecule has 0 aliphatic heterocycles. The molecule has 3 aromatic heterocycles. The number of aromatic nitrogens is 3. The number of pyridine rings is 1. The van der Waals surface area contributed by atoms with E-state index in [1.54, 1.807) is 6.07 Å². The molecule has 4 rings (SSSR count). The van der Waals surface area contributed by atoms with Crippen molar-refractivity contribution in [2.24, 2.45) is 12.0 Å². The number of nitriles is 1. The third-order valence-corrected chi connectivity index (χ3v) is 6.08. The number of halogens is 7. The van der Waals surface area contributed by atoms with Gasteiger partial charge in [-0.15, -0.1) is 11.3 Å². The molecule has 0 aliphatic carbocycles. The summed E-state index contributed by atoms with van der Waals surface area (Å²) in [6, 6.07) is 1.72. The molecule has 0 atom stereocenters. The van der Waals surface area contributed by atoms with Gasteiger partial charge < -0.3 is 16.6 Å². The highest BCUT2D eigenvalue weighted by Crippen LogP contribution is 2.42. The van der Waals surface area contributed by atoms with E-state index in [0.29, 0.717) is 11.3 Å². The molecule has 0 amide bonds. The number of hydrogen-bond donors (Lipinski definition) is 3. The first-order chi connectivity index (χ1) is 17.2. The number of rotatable bonds is 3. The Balaban J connectivity index is 2.02. The van der Waals surface area contributed by atoms with Gasteiger partial charge in [-0.3, -0.25) is 9.52 Å². The molecule has 192 valence electrons. The van der Waals surface area contributed by atoms with Crippen LogP contribution in [0.5, 0.6) is 0 Å². The molecule has 37 heavy (non-hydrogen) atoms. The molecule has 5 N–H and O–H groups in total. The highest BCUT2D eigenvalue weighted by atomic mass is 32.1. The van der Waals surface area contributed by atoms with Gasteiger partial charge in [-0.1, -0.05) is 4.68 Å². The second-order valence-electron chi connectivity index (χ2n) is 7.17. The van der Waals surface area contributed by atoms with Gasteiger partial charge >= 0.3 is 17.5 Å². The summed E-state index contributed by atoms with van der Waals surface area (Å²) >= 11 is 0.402. The third-order valence-electron chi connectivity index (χ3n) is 4.99. The van der Waals surface area contributed by atoms with Crippen LogP contribution in [0.3, 0.4) is 0 Å². The number of nitrogens with two attached hydrogens (primary N) is 2. The molecule has 0 saturated heterocycles. The lowest BCUT2D eigenvalue weighted by Crippen LogP contribution is -2.34. The molecule has 3 heterocycles. The smallest absolute Gasteiger partial charge is 0.435 e. The number of aromatic amines is 1. The molecule has 10 nitrogen and oxygen atoms in total. The average molecular weight is 547 g/mol. The normalized spacial score (nSPS) is 12.4. The number of thiophene rings is 1. The summed E-state index contributed by atoms with van der Waals surface area (Å²) in [5.74, 6) is -12.8. The van der Waals surface area contributed by atoms with Gasteiger partial charge in [0.2, 0.25) is 0 Å². The Morgan fingerprint density at radius 2 is 1.78 bits per heavy atom. The fourth-order valence-corrected chi connectivity index (χ4v) is 4.41. The first kappa shape index (κ1) is 25.4. The largest absolute Gasteiger partial charge is 0.858 e. The Morgan fingerprint density at radius 3 is 2.27 bits per heavy atom. The van der Waals surface area contributed by atoms with Crippen molar-refractivity contribution < 1.29 is 45.0 Å².